The molecular weight excluding hydrogens is 274 g/mol. The van der Waals surface area contributed by atoms with Crippen LogP contribution in [0.1, 0.15) is 11.6 Å². The topological polar surface area (TPSA) is 62.2 Å². The zero-order chi connectivity index (χ0) is 14.5. The van der Waals surface area contributed by atoms with Crippen molar-refractivity contribution >= 4 is 23.1 Å². The van der Waals surface area contributed by atoms with E-state index in [4.69, 9.17) is 0 Å². The van der Waals surface area contributed by atoms with Crippen molar-refractivity contribution in [3.63, 3.8) is 0 Å². The average Bonchev–Trinajstić information content (AvgIpc) is 3.01. The summed E-state index contributed by atoms with van der Waals surface area (Å²) in [5.41, 5.74) is 1.89. The van der Waals surface area contributed by atoms with Gasteiger partial charge in [0.05, 0.1) is 17.9 Å². The summed E-state index contributed by atoms with van der Waals surface area (Å²) in [4.78, 5) is 13.9. The van der Waals surface area contributed by atoms with Gasteiger partial charge in [-0.2, -0.15) is 16.4 Å². The molecular formula is C13H19N5OS. The van der Waals surface area contributed by atoms with Crippen molar-refractivity contribution in [3.05, 3.63) is 34.8 Å². The first-order valence-corrected chi connectivity index (χ1v) is 7.22. The molecule has 108 valence electrons. The number of nitrogens with one attached hydrogen (secondary N) is 2. The van der Waals surface area contributed by atoms with Gasteiger partial charge in [-0.25, -0.2) is 4.79 Å². The van der Waals surface area contributed by atoms with Crippen LogP contribution in [0.4, 0.5) is 10.5 Å². The van der Waals surface area contributed by atoms with Crippen molar-refractivity contribution in [2.24, 2.45) is 7.05 Å². The zero-order valence-corrected chi connectivity index (χ0v) is 12.6. The number of carbonyl (C=O) groups is 1. The van der Waals surface area contributed by atoms with Crippen molar-refractivity contribution in [2.75, 3.05) is 26.0 Å². The lowest BCUT2D eigenvalue weighted by atomic mass is 10.1. The molecule has 0 radical (unpaired) electrons. The summed E-state index contributed by atoms with van der Waals surface area (Å²) < 4.78 is 1.64. The third-order valence-corrected chi connectivity index (χ3v) is 3.67. The van der Waals surface area contributed by atoms with Crippen molar-refractivity contribution < 1.29 is 4.79 Å². The van der Waals surface area contributed by atoms with E-state index in [1.54, 1.807) is 28.4 Å². The summed E-state index contributed by atoms with van der Waals surface area (Å²) in [7, 11) is 5.81. The summed E-state index contributed by atoms with van der Waals surface area (Å²) in [6, 6.07) is 2.02. The van der Waals surface area contributed by atoms with E-state index in [0.29, 0.717) is 12.2 Å². The first-order valence-electron chi connectivity index (χ1n) is 6.28. The van der Waals surface area contributed by atoms with E-state index >= 15 is 0 Å². The van der Waals surface area contributed by atoms with E-state index in [2.05, 4.69) is 32.1 Å². The minimum Gasteiger partial charge on any atom is -0.336 e. The van der Waals surface area contributed by atoms with Gasteiger partial charge < -0.3 is 15.5 Å². The number of urea groups is 1. The molecule has 2 rings (SSSR count). The SMILES string of the molecule is CN(C)[C@H](CNC(=O)Nc1cnn(C)c1)c1ccsc1. The van der Waals surface area contributed by atoms with Crippen LogP contribution in [0.25, 0.3) is 0 Å². The minimum atomic E-state index is -0.222. The minimum absolute atomic E-state index is 0.167. The van der Waals surface area contributed by atoms with E-state index in [0.717, 1.165) is 0 Å². The largest absolute Gasteiger partial charge is 0.336 e. The molecule has 0 bridgehead atoms. The molecule has 6 nitrogen and oxygen atoms in total. The Balaban J connectivity index is 1.88. The maximum absolute atomic E-state index is 11.8. The van der Waals surface area contributed by atoms with Crippen LogP contribution in [-0.4, -0.2) is 41.4 Å². The third kappa shape index (κ3) is 3.82. The number of carbonyl (C=O) groups excluding carboxylic acids is 1. The summed E-state index contributed by atoms with van der Waals surface area (Å²) in [5.74, 6) is 0. The van der Waals surface area contributed by atoms with Gasteiger partial charge in [0, 0.05) is 19.8 Å². The van der Waals surface area contributed by atoms with Crippen molar-refractivity contribution in [1.29, 1.82) is 0 Å². The van der Waals surface area contributed by atoms with Crippen LogP contribution >= 0.6 is 11.3 Å². The van der Waals surface area contributed by atoms with Gasteiger partial charge in [-0.05, 0) is 36.5 Å². The number of nitrogens with zero attached hydrogens (tertiary/aromatic N) is 3. The van der Waals surface area contributed by atoms with Gasteiger partial charge in [-0.15, -0.1) is 0 Å². The van der Waals surface area contributed by atoms with E-state index in [9.17, 15) is 4.79 Å². The molecule has 1 atom stereocenters. The maximum atomic E-state index is 11.8. The Morgan fingerprint density at radius 3 is 2.90 bits per heavy atom. The average molecular weight is 293 g/mol. The number of aromatic nitrogens is 2. The molecule has 2 amide bonds. The van der Waals surface area contributed by atoms with E-state index < -0.39 is 0 Å². The number of anilines is 1. The van der Waals surface area contributed by atoms with Gasteiger partial charge in [-0.1, -0.05) is 0 Å². The monoisotopic (exact) mass is 293 g/mol. The maximum Gasteiger partial charge on any atom is 0.319 e. The molecule has 2 heterocycles. The molecule has 0 aliphatic rings. The van der Waals surface area contributed by atoms with Crippen LogP contribution < -0.4 is 10.6 Å². The fourth-order valence-corrected chi connectivity index (χ4v) is 2.62. The van der Waals surface area contributed by atoms with Crippen LogP contribution in [-0.2, 0) is 7.05 Å². The molecule has 2 aromatic rings. The highest BCUT2D eigenvalue weighted by Gasteiger charge is 2.15. The second-order valence-corrected chi connectivity index (χ2v) is 5.55. The predicted molar refractivity (Wildman–Crippen MR) is 81.0 cm³/mol. The Hall–Kier alpha value is -1.86. The molecule has 2 N–H and O–H groups in total. The molecule has 20 heavy (non-hydrogen) atoms. The number of hydrogen-bond acceptors (Lipinski definition) is 4. The lowest BCUT2D eigenvalue weighted by Crippen LogP contribution is -2.36. The molecule has 0 unspecified atom stereocenters. The van der Waals surface area contributed by atoms with Gasteiger partial charge in [-0.3, -0.25) is 4.68 Å². The van der Waals surface area contributed by atoms with E-state index in [1.807, 2.05) is 26.5 Å². The van der Waals surface area contributed by atoms with E-state index in [-0.39, 0.29) is 12.1 Å². The highest BCUT2D eigenvalue weighted by atomic mass is 32.1. The van der Waals surface area contributed by atoms with Crippen molar-refractivity contribution in [1.82, 2.24) is 20.0 Å². The number of hydrogen-bond donors (Lipinski definition) is 2. The Morgan fingerprint density at radius 1 is 1.55 bits per heavy atom. The first kappa shape index (κ1) is 14.5. The summed E-state index contributed by atoms with van der Waals surface area (Å²) >= 11 is 1.66. The van der Waals surface area contributed by atoms with Crippen LogP contribution in [0, 0.1) is 0 Å². The molecule has 0 saturated carbocycles. The molecule has 0 aliphatic carbocycles. The quantitative estimate of drug-likeness (QED) is 0.885. The molecule has 0 aliphatic heterocycles. The van der Waals surface area contributed by atoms with Gasteiger partial charge in [0.25, 0.3) is 0 Å². The number of thiophene rings is 1. The zero-order valence-electron chi connectivity index (χ0n) is 11.8. The molecule has 7 heteroatoms. The third-order valence-electron chi connectivity index (χ3n) is 2.97. The number of rotatable bonds is 5. The molecule has 0 fully saturated rings. The Morgan fingerprint density at radius 2 is 2.35 bits per heavy atom. The predicted octanol–water partition coefficient (Wildman–Crippen LogP) is 1.91. The fourth-order valence-electron chi connectivity index (χ4n) is 1.91. The van der Waals surface area contributed by atoms with Gasteiger partial charge in [0.15, 0.2) is 0 Å². The van der Waals surface area contributed by atoms with E-state index in [1.165, 1.54) is 5.56 Å². The molecule has 0 aromatic carbocycles. The van der Waals surface area contributed by atoms with Gasteiger partial charge in [0.1, 0.15) is 0 Å². The van der Waals surface area contributed by atoms with Crippen LogP contribution in [0.3, 0.4) is 0 Å². The Labute approximate surface area is 122 Å². The molecule has 0 spiro atoms. The molecule has 0 saturated heterocycles. The first-order chi connectivity index (χ1) is 9.56. The number of likely N-dealkylation sites (N-methyl/N-ethyl adjacent to an activating group) is 1. The summed E-state index contributed by atoms with van der Waals surface area (Å²) in [5, 5.41) is 13.8. The standard InChI is InChI=1S/C13H19N5OS/c1-17(2)12(10-4-5-20-9-10)7-14-13(19)16-11-6-15-18(3)8-11/h4-6,8-9,12H,7H2,1-3H3,(H2,14,16,19)/t12-/m1/s1. The number of amides is 2. The highest BCUT2D eigenvalue weighted by molar-refractivity contribution is 7.07. The lowest BCUT2D eigenvalue weighted by Gasteiger charge is -2.23. The smallest absolute Gasteiger partial charge is 0.319 e. The fraction of sp³-hybridized carbons (Fsp3) is 0.385. The van der Waals surface area contributed by atoms with Crippen molar-refractivity contribution in [3.8, 4) is 0 Å². The van der Waals surface area contributed by atoms with Crippen molar-refractivity contribution in [2.45, 2.75) is 6.04 Å². The summed E-state index contributed by atoms with van der Waals surface area (Å²) in [6.07, 6.45) is 3.36. The Kier molecular flexibility index (Phi) is 4.75. The normalized spacial score (nSPS) is 12.4. The number of aryl methyl sites for hydroxylation is 1. The lowest BCUT2D eigenvalue weighted by molar-refractivity contribution is 0.243. The summed E-state index contributed by atoms with van der Waals surface area (Å²) in [6.45, 7) is 0.551. The second kappa shape index (κ2) is 6.53. The van der Waals surface area contributed by atoms with Crippen LogP contribution in [0.15, 0.2) is 29.2 Å². The van der Waals surface area contributed by atoms with Gasteiger partial charge in [0.2, 0.25) is 0 Å². The van der Waals surface area contributed by atoms with Crippen LogP contribution in [0.5, 0.6) is 0 Å². The second-order valence-electron chi connectivity index (χ2n) is 4.77. The van der Waals surface area contributed by atoms with Gasteiger partial charge >= 0.3 is 6.03 Å². The molecule has 2 aromatic heterocycles. The Bertz CT molecular complexity index is 549. The van der Waals surface area contributed by atoms with Crippen LogP contribution in [0.2, 0.25) is 0 Å². The highest BCUT2D eigenvalue weighted by Crippen LogP contribution is 2.19.